The van der Waals surface area contributed by atoms with Crippen LogP contribution in [-0.2, 0) is 14.5 Å². The fourth-order valence-electron chi connectivity index (χ4n) is 4.56. The van der Waals surface area contributed by atoms with Crippen molar-refractivity contribution in [3.63, 3.8) is 0 Å². The summed E-state index contributed by atoms with van der Waals surface area (Å²) in [5.41, 5.74) is 5.39. The van der Waals surface area contributed by atoms with Crippen molar-refractivity contribution in [1.29, 1.82) is 0 Å². The lowest BCUT2D eigenvalue weighted by molar-refractivity contribution is -0.483. The summed E-state index contributed by atoms with van der Waals surface area (Å²) in [4.78, 5) is 11.6. The smallest absolute Gasteiger partial charge is 0.201 e. The average molecular weight is 462 g/mol. The van der Waals surface area contributed by atoms with Gasteiger partial charge in [-0.15, -0.1) is 0 Å². The highest BCUT2D eigenvalue weighted by Crippen LogP contribution is 2.39. The van der Waals surface area contributed by atoms with Crippen molar-refractivity contribution in [2.75, 3.05) is 11.9 Å². The molecule has 170 valence electrons. The van der Waals surface area contributed by atoms with Crippen molar-refractivity contribution < 1.29 is 14.5 Å². The molecule has 2 aliphatic rings. The van der Waals surface area contributed by atoms with Crippen LogP contribution in [0.3, 0.4) is 0 Å². The molecule has 0 radical (unpaired) electrons. The number of rotatable bonds is 5. The first-order chi connectivity index (χ1) is 16.1. The third-order valence-corrected chi connectivity index (χ3v) is 6.79. The van der Waals surface area contributed by atoms with E-state index < -0.39 is 5.79 Å². The molecule has 5 rings (SSSR count). The number of hydrogen-bond donors (Lipinski definition) is 1. The number of ether oxygens (including phenoxy) is 1. The van der Waals surface area contributed by atoms with Gasteiger partial charge in [0, 0.05) is 35.2 Å². The minimum Gasteiger partial charge on any atom is -0.382 e. The summed E-state index contributed by atoms with van der Waals surface area (Å²) in [6, 6.07) is 26.9. The maximum atomic E-state index is 6.22. The molecule has 1 spiro atoms. The molecule has 3 aromatic carbocycles. The van der Waals surface area contributed by atoms with Crippen LogP contribution in [0.2, 0.25) is 5.02 Å². The predicted molar refractivity (Wildman–Crippen MR) is 133 cm³/mol. The van der Waals surface area contributed by atoms with Crippen LogP contribution in [0, 0.1) is 0 Å². The monoisotopic (exact) mass is 461 g/mol. The number of nitrogens with one attached hydrogen (secondary N) is 1. The van der Waals surface area contributed by atoms with Crippen LogP contribution in [-0.4, -0.2) is 24.5 Å². The Kier molecular flexibility index (Phi) is 6.52. The Bertz CT molecular complexity index is 1080. The molecule has 2 fully saturated rings. The minimum atomic E-state index is -0.673. The minimum absolute atomic E-state index is 0.328. The van der Waals surface area contributed by atoms with Gasteiger partial charge in [-0.1, -0.05) is 78.8 Å². The fraction of sp³-hybridized carbons (Fsp3) is 0.286. The summed E-state index contributed by atoms with van der Waals surface area (Å²) in [6.45, 7) is 4.59. The van der Waals surface area contributed by atoms with Gasteiger partial charge in [0.05, 0.1) is 6.61 Å². The Morgan fingerprint density at radius 3 is 2.30 bits per heavy atom. The topological polar surface area (TPSA) is 39.7 Å². The summed E-state index contributed by atoms with van der Waals surface area (Å²) < 4.78 is 6.22. The van der Waals surface area contributed by atoms with E-state index in [2.05, 4.69) is 60.4 Å². The maximum Gasteiger partial charge on any atom is 0.201 e. The van der Waals surface area contributed by atoms with Gasteiger partial charge in [-0.25, -0.2) is 9.78 Å². The summed E-state index contributed by atoms with van der Waals surface area (Å²) in [5, 5.41) is 4.44. The van der Waals surface area contributed by atoms with E-state index in [0.717, 1.165) is 42.5 Å². The first-order valence-corrected chi connectivity index (χ1v) is 11.8. The predicted octanol–water partition coefficient (Wildman–Crippen LogP) is 7.12. The highest BCUT2D eigenvalue weighted by atomic mass is 35.5. The molecule has 1 saturated heterocycles. The summed E-state index contributed by atoms with van der Waals surface area (Å²) in [5.74, 6) is -0.673. The largest absolute Gasteiger partial charge is 0.382 e. The molecular weight excluding hydrogens is 434 g/mol. The summed E-state index contributed by atoms with van der Waals surface area (Å²) >= 11 is 5.99. The van der Waals surface area contributed by atoms with Gasteiger partial charge in [0.1, 0.15) is 6.10 Å². The third kappa shape index (κ3) is 4.99. The highest BCUT2D eigenvalue weighted by molar-refractivity contribution is 6.30. The van der Waals surface area contributed by atoms with Crippen LogP contribution in [0.5, 0.6) is 0 Å². The van der Waals surface area contributed by atoms with Crippen molar-refractivity contribution in [2.24, 2.45) is 0 Å². The van der Waals surface area contributed by atoms with Gasteiger partial charge in [-0.3, -0.25) is 0 Å². The molecule has 1 unspecified atom stereocenters. The van der Waals surface area contributed by atoms with Gasteiger partial charge in [-0.2, -0.15) is 0 Å². The SMILES string of the molecule is C=C(c1ccc(Cl)cc1)C1COC2(CCC(Nc3ccccc3-c3ccccc3)CC2)OO1. The standard InChI is InChI=1S/C28H28ClNO3/c1-20(21-11-13-23(29)14-12-21)27-19-31-28(33-32-27)17-15-24(16-18-28)30-26-10-6-5-9-25(26)22-7-3-2-4-8-22/h2-14,24,27,30H,1,15-19H2. The van der Waals surface area contributed by atoms with E-state index in [1.54, 1.807) is 0 Å². The van der Waals surface area contributed by atoms with Gasteiger partial charge >= 0.3 is 0 Å². The van der Waals surface area contributed by atoms with Crippen molar-refractivity contribution >= 4 is 22.9 Å². The third-order valence-electron chi connectivity index (χ3n) is 6.54. The van der Waals surface area contributed by atoms with E-state index in [9.17, 15) is 0 Å². The van der Waals surface area contributed by atoms with Crippen LogP contribution in [0.4, 0.5) is 5.69 Å². The summed E-state index contributed by atoms with van der Waals surface area (Å²) in [7, 11) is 0. The molecule has 1 atom stereocenters. The lowest BCUT2D eigenvalue weighted by Gasteiger charge is -2.43. The van der Waals surface area contributed by atoms with E-state index in [4.69, 9.17) is 26.1 Å². The molecule has 3 aromatic rings. The molecule has 0 amide bonds. The number of para-hydroxylation sites is 1. The van der Waals surface area contributed by atoms with Gasteiger partial charge in [0.25, 0.3) is 0 Å². The molecule has 1 aliphatic carbocycles. The second-order valence-corrected chi connectivity index (χ2v) is 9.19. The van der Waals surface area contributed by atoms with E-state index in [0.29, 0.717) is 17.7 Å². The van der Waals surface area contributed by atoms with Gasteiger partial charge in [-0.05, 0) is 47.7 Å². The zero-order valence-electron chi connectivity index (χ0n) is 18.5. The van der Waals surface area contributed by atoms with Crippen molar-refractivity contribution in [3.8, 4) is 11.1 Å². The quantitative estimate of drug-likeness (QED) is 0.410. The molecule has 33 heavy (non-hydrogen) atoms. The van der Waals surface area contributed by atoms with E-state index in [1.807, 2.05) is 30.3 Å². The Hall–Kier alpha value is -2.63. The molecule has 1 aliphatic heterocycles. The maximum absolute atomic E-state index is 6.22. The zero-order chi connectivity index (χ0) is 22.7. The molecule has 5 heteroatoms. The van der Waals surface area contributed by atoms with Crippen LogP contribution in [0.15, 0.2) is 85.4 Å². The number of hydrogen-bond acceptors (Lipinski definition) is 4. The van der Waals surface area contributed by atoms with Crippen molar-refractivity contribution in [3.05, 3.63) is 96.0 Å². The number of anilines is 1. The Labute approximate surface area is 200 Å². The van der Waals surface area contributed by atoms with Gasteiger partial charge in [0.2, 0.25) is 5.79 Å². The molecule has 1 saturated carbocycles. The Morgan fingerprint density at radius 2 is 1.61 bits per heavy atom. The Morgan fingerprint density at radius 1 is 0.909 bits per heavy atom. The molecular formula is C28H28ClNO3. The number of halogens is 1. The normalized spacial score (nSPS) is 25.0. The molecule has 4 nitrogen and oxygen atoms in total. The van der Waals surface area contributed by atoms with Gasteiger partial charge < -0.3 is 10.1 Å². The van der Waals surface area contributed by atoms with Crippen LogP contribution < -0.4 is 5.32 Å². The zero-order valence-corrected chi connectivity index (χ0v) is 19.3. The molecule has 0 bridgehead atoms. The molecule has 1 heterocycles. The van der Waals surface area contributed by atoms with E-state index in [1.165, 1.54) is 11.1 Å². The first-order valence-electron chi connectivity index (χ1n) is 11.5. The molecule has 1 N–H and O–H groups in total. The van der Waals surface area contributed by atoms with Crippen molar-refractivity contribution in [1.82, 2.24) is 0 Å². The lowest BCUT2D eigenvalue weighted by atomic mass is 9.89. The second-order valence-electron chi connectivity index (χ2n) is 8.75. The number of benzene rings is 3. The Balaban J connectivity index is 1.17. The van der Waals surface area contributed by atoms with Crippen LogP contribution in [0.25, 0.3) is 16.7 Å². The lowest BCUT2D eigenvalue weighted by Crippen LogP contribution is -2.49. The second kappa shape index (κ2) is 9.70. The van der Waals surface area contributed by atoms with Crippen LogP contribution >= 0.6 is 11.6 Å². The van der Waals surface area contributed by atoms with Crippen LogP contribution in [0.1, 0.15) is 31.2 Å². The molecule has 0 aromatic heterocycles. The average Bonchev–Trinajstić information content (AvgIpc) is 2.87. The van der Waals surface area contributed by atoms with Gasteiger partial charge in [0.15, 0.2) is 0 Å². The fourth-order valence-corrected chi connectivity index (χ4v) is 4.69. The highest BCUT2D eigenvalue weighted by Gasteiger charge is 2.43. The summed E-state index contributed by atoms with van der Waals surface area (Å²) in [6.07, 6.45) is 3.10. The van der Waals surface area contributed by atoms with E-state index in [-0.39, 0.29) is 6.10 Å². The first kappa shape index (κ1) is 22.2. The van der Waals surface area contributed by atoms with E-state index >= 15 is 0 Å². The van der Waals surface area contributed by atoms with Crippen molar-refractivity contribution in [2.45, 2.75) is 43.6 Å².